The van der Waals surface area contributed by atoms with Crippen molar-refractivity contribution in [2.75, 3.05) is 14.1 Å². The van der Waals surface area contributed by atoms with Gasteiger partial charge in [0.1, 0.15) is 5.66 Å². The summed E-state index contributed by atoms with van der Waals surface area (Å²) in [5, 5.41) is 2.68. The molecular weight excluding hydrogens is 158 g/mol. The van der Waals surface area contributed by atoms with Gasteiger partial charge in [-0.15, -0.1) is 0 Å². The van der Waals surface area contributed by atoms with Gasteiger partial charge < -0.3 is 10.2 Å². The molecule has 0 saturated carbocycles. The van der Waals surface area contributed by atoms with Crippen molar-refractivity contribution >= 4 is 12.1 Å². The lowest BCUT2D eigenvalue weighted by Crippen LogP contribution is -2.67. The standard InChI is InChI=1S/C7H13N3O2/c1-7(2)8-5(11)9(3)6(12)10(7)4/h1-4H3,(H,8,11). The van der Waals surface area contributed by atoms with Gasteiger partial charge >= 0.3 is 12.1 Å². The molecule has 0 atom stereocenters. The van der Waals surface area contributed by atoms with Crippen LogP contribution in [0.5, 0.6) is 0 Å². The fraction of sp³-hybridized carbons (Fsp3) is 0.714. The zero-order chi connectivity index (χ0) is 9.52. The highest BCUT2D eigenvalue weighted by Gasteiger charge is 2.38. The van der Waals surface area contributed by atoms with E-state index in [-0.39, 0.29) is 12.1 Å². The van der Waals surface area contributed by atoms with Gasteiger partial charge in [-0.2, -0.15) is 0 Å². The number of urea groups is 2. The van der Waals surface area contributed by atoms with Crippen LogP contribution in [0.4, 0.5) is 9.59 Å². The van der Waals surface area contributed by atoms with Crippen LogP contribution in [-0.4, -0.2) is 41.6 Å². The Kier molecular flexibility index (Phi) is 1.74. The fourth-order valence-electron chi connectivity index (χ4n) is 0.980. The molecule has 5 nitrogen and oxygen atoms in total. The first-order valence-electron chi connectivity index (χ1n) is 3.70. The maximum absolute atomic E-state index is 11.3. The SMILES string of the molecule is CN1C(=O)NC(C)(C)N(C)C1=O. The number of hydrogen-bond acceptors (Lipinski definition) is 2. The van der Waals surface area contributed by atoms with Gasteiger partial charge in [-0.05, 0) is 13.8 Å². The molecule has 1 aliphatic heterocycles. The molecule has 0 aromatic heterocycles. The summed E-state index contributed by atoms with van der Waals surface area (Å²) in [5.74, 6) is 0. The summed E-state index contributed by atoms with van der Waals surface area (Å²) in [6.07, 6.45) is 0. The Morgan fingerprint density at radius 1 is 1.25 bits per heavy atom. The maximum atomic E-state index is 11.3. The molecule has 0 radical (unpaired) electrons. The second-order valence-corrected chi connectivity index (χ2v) is 3.39. The van der Waals surface area contributed by atoms with Crippen LogP contribution in [0, 0.1) is 0 Å². The Hall–Kier alpha value is -1.26. The number of carbonyl (C=O) groups excluding carboxylic acids is 2. The highest BCUT2D eigenvalue weighted by molar-refractivity contribution is 5.96. The highest BCUT2D eigenvalue weighted by atomic mass is 16.2. The molecule has 0 spiro atoms. The average Bonchev–Trinajstić information content (AvgIpc) is 1.97. The minimum absolute atomic E-state index is 0.288. The number of hydrogen-bond donors (Lipinski definition) is 1. The zero-order valence-electron chi connectivity index (χ0n) is 7.71. The molecule has 68 valence electrons. The Labute approximate surface area is 71.3 Å². The molecule has 0 unspecified atom stereocenters. The molecule has 0 aromatic rings. The van der Waals surface area contributed by atoms with Gasteiger partial charge in [0, 0.05) is 14.1 Å². The van der Waals surface area contributed by atoms with E-state index in [1.165, 1.54) is 11.9 Å². The van der Waals surface area contributed by atoms with Crippen molar-refractivity contribution in [1.29, 1.82) is 0 Å². The number of rotatable bonds is 0. The maximum Gasteiger partial charge on any atom is 0.329 e. The molecule has 0 aromatic carbocycles. The second-order valence-electron chi connectivity index (χ2n) is 3.39. The lowest BCUT2D eigenvalue weighted by molar-refractivity contribution is 0.0867. The normalized spacial score (nSPS) is 22.7. The average molecular weight is 171 g/mol. The quantitative estimate of drug-likeness (QED) is 0.574. The summed E-state index contributed by atoms with van der Waals surface area (Å²) in [6, 6.07) is -0.646. The predicted octanol–water partition coefficient (Wildman–Crippen LogP) is 0.429. The third kappa shape index (κ3) is 1.11. The Morgan fingerprint density at radius 3 is 2.25 bits per heavy atom. The third-order valence-corrected chi connectivity index (χ3v) is 2.13. The van der Waals surface area contributed by atoms with E-state index in [1.807, 2.05) is 0 Å². The number of nitrogens with one attached hydrogen (secondary N) is 1. The van der Waals surface area contributed by atoms with E-state index in [1.54, 1.807) is 20.9 Å². The van der Waals surface area contributed by atoms with E-state index in [0.717, 1.165) is 4.90 Å². The first-order valence-corrected chi connectivity index (χ1v) is 3.70. The van der Waals surface area contributed by atoms with Gasteiger partial charge in [-0.25, -0.2) is 14.5 Å². The van der Waals surface area contributed by atoms with Crippen molar-refractivity contribution in [1.82, 2.24) is 15.1 Å². The fourth-order valence-corrected chi connectivity index (χ4v) is 0.980. The van der Waals surface area contributed by atoms with Crippen LogP contribution in [0.25, 0.3) is 0 Å². The van der Waals surface area contributed by atoms with Gasteiger partial charge in [0.05, 0.1) is 0 Å². The van der Waals surface area contributed by atoms with Crippen molar-refractivity contribution in [3.8, 4) is 0 Å². The molecule has 1 saturated heterocycles. The molecule has 1 N–H and O–H groups in total. The molecule has 5 heteroatoms. The second kappa shape index (κ2) is 2.36. The molecular formula is C7H13N3O2. The smallest absolute Gasteiger partial charge is 0.315 e. The Morgan fingerprint density at radius 2 is 1.75 bits per heavy atom. The first kappa shape index (κ1) is 8.83. The molecule has 1 fully saturated rings. The van der Waals surface area contributed by atoms with Crippen molar-refractivity contribution < 1.29 is 9.59 Å². The molecule has 0 bridgehead atoms. The Balaban J connectivity index is 2.93. The lowest BCUT2D eigenvalue weighted by Gasteiger charge is -2.43. The van der Waals surface area contributed by atoms with E-state index in [2.05, 4.69) is 5.32 Å². The van der Waals surface area contributed by atoms with Crippen LogP contribution in [0.1, 0.15) is 13.8 Å². The van der Waals surface area contributed by atoms with Gasteiger partial charge in [0.15, 0.2) is 0 Å². The topological polar surface area (TPSA) is 52.7 Å². The van der Waals surface area contributed by atoms with Crippen molar-refractivity contribution in [2.45, 2.75) is 19.5 Å². The van der Waals surface area contributed by atoms with Crippen LogP contribution in [0.2, 0.25) is 0 Å². The number of amides is 4. The summed E-state index contributed by atoms with van der Waals surface area (Å²) in [7, 11) is 3.10. The monoisotopic (exact) mass is 171 g/mol. The van der Waals surface area contributed by atoms with E-state index in [9.17, 15) is 9.59 Å². The zero-order valence-corrected chi connectivity index (χ0v) is 7.71. The van der Waals surface area contributed by atoms with Gasteiger partial charge in [0.2, 0.25) is 0 Å². The van der Waals surface area contributed by atoms with Crippen LogP contribution < -0.4 is 5.32 Å². The largest absolute Gasteiger partial charge is 0.329 e. The molecule has 12 heavy (non-hydrogen) atoms. The molecule has 1 aliphatic rings. The summed E-state index contributed by atoms with van der Waals surface area (Å²) in [4.78, 5) is 25.0. The van der Waals surface area contributed by atoms with E-state index in [0.29, 0.717) is 0 Å². The van der Waals surface area contributed by atoms with E-state index >= 15 is 0 Å². The van der Waals surface area contributed by atoms with Crippen LogP contribution in [0.3, 0.4) is 0 Å². The number of carbonyl (C=O) groups is 2. The first-order chi connectivity index (χ1) is 5.36. The molecule has 1 heterocycles. The summed E-state index contributed by atoms with van der Waals surface area (Å²) >= 11 is 0. The van der Waals surface area contributed by atoms with Crippen LogP contribution in [-0.2, 0) is 0 Å². The predicted molar refractivity (Wildman–Crippen MR) is 43.5 cm³/mol. The van der Waals surface area contributed by atoms with Gasteiger partial charge in [-0.1, -0.05) is 0 Å². The highest BCUT2D eigenvalue weighted by Crippen LogP contribution is 2.15. The Bertz CT molecular complexity index is 237. The van der Waals surface area contributed by atoms with Crippen LogP contribution in [0.15, 0.2) is 0 Å². The summed E-state index contributed by atoms with van der Waals surface area (Å²) in [6.45, 7) is 3.55. The molecule has 4 amide bonds. The number of imide groups is 1. The van der Waals surface area contributed by atoms with E-state index < -0.39 is 5.66 Å². The minimum atomic E-state index is -0.597. The summed E-state index contributed by atoms with van der Waals surface area (Å²) < 4.78 is 0. The van der Waals surface area contributed by atoms with Gasteiger partial charge in [0.25, 0.3) is 0 Å². The van der Waals surface area contributed by atoms with E-state index in [4.69, 9.17) is 0 Å². The number of nitrogens with zero attached hydrogens (tertiary/aromatic N) is 2. The van der Waals surface area contributed by atoms with Gasteiger partial charge in [-0.3, -0.25) is 0 Å². The third-order valence-electron chi connectivity index (χ3n) is 2.13. The lowest BCUT2D eigenvalue weighted by atomic mass is 10.2. The summed E-state index contributed by atoms with van der Waals surface area (Å²) in [5.41, 5.74) is -0.597. The van der Waals surface area contributed by atoms with Crippen molar-refractivity contribution in [3.05, 3.63) is 0 Å². The molecule has 1 rings (SSSR count). The molecule has 0 aliphatic carbocycles. The van der Waals surface area contributed by atoms with Crippen molar-refractivity contribution in [3.63, 3.8) is 0 Å². The van der Waals surface area contributed by atoms with Crippen LogP contribution >= 0.6 is 0 Å². The minimum Gasteiger partial charge on any atom is -0.315 e. The van der Waals surface area contributed by atoms with Crippen molar-refractivity contribution in [2.24, 2.45) is 0 Å².